The number of carbonyl (C=O) groups excluding carboxylic acids is 2. The van der Waals surface area contributed by atoms with Gasteiger partial charge in [-0.3, -0.25) is 25.1 Å². The van der Waals surface area contributed by atoms with E-state index in [1.165, 1.54) is 0 Å². The molecular formula is C20H22ClF3N4O5. The predicted molar refractivity (Wildman–Crippen MR) is 110 cm³/mol. The highest BCUT2D eigenvalue weighted by atomic mass is 35.5. The van der Waals surface area contributed by atoms with Crippen molar-refractivity contribution in [2.75, 3.05) is 25.0 Å². The Labute approximate surface area is 191 Å². The molecule has 2 aliphatic rings. The molecule has 1 saturated heterocycles. The van der Waals surface area contributed by atoms with Crippen LogP contribution >= 0.6 is 11.6 Å². The molecule has 1 aromatic carbocycles. The summed E-state index contributed by atoms with van der Waals surface area (Å²) in [7, 11) is 0. The number of hydrogen-bond donors (Lipinski definition) is 2. The number of rotatable bonds is 7. The third kappa shape index (κ3) is 6.56. The minimum atomic E-state index is -4.66. The van der Waals surface area contributed by atoms with E-state index in [0.717, 1.165) is 0 Å². The van der Waals surface area contributed by atoms with Crippen molar-refractivity contribution in [2.24, 2.45) is 5.92 Å². The molecule has 0 atom stereocenters. The van der Waals surface area contributed by atoms with E-state index in [2.05, 4.69) is 20.5 Å². The molecule has 1 saturated carbocycles. The van der Waals surface area contributed by atoms with Gasteiger partial charge in [0.05, 0.1) is 12.2 Å². The van der Waals surface area contributed by atoms with Crippen molar-refractivity contribution in [3.8, 4) is 0 Å². The number of piperidine rings is 1. The summed E-state index contributed by atoms with van der Waals surface area (Å²) in [6.07, 6.45) is -4.79. The standard InChI is InChI=1S/C20H22ClF3N4O5/c21-12-1-2-16-15(7-12)25-19(32-16)26-18(30)11-3-5-28(6-4-11)27-17(29)10-31-13-8-14(9-13)33-20(22,23)24/h1-2,7,11,13-14H,3-6,8-10H2,(H,27,29)(H,25,26,30)/t13-,14+. The maximum Gasteiger partial charge on any atom is 0.522 e. The van der Waals surface area contributed by atoms with Crippen LogP contribution in [0.25, 0.3) is 11.1 Å². The molecule has 1 aliphatic carbocycles. The predicted octanol–water partition coefficient (Wildman–Crippen LogP) is 3.25. The van der Waals surface area contributed by atoms with Gasteiger partial charge in [0.1, 0.15) is 12.1 Å². The minimum absolute atomic E-state index is 0.0976. The van der Waals surface area contributed by atoms with Crippen LogP contribution in [-0.2, 0) is 19.1 Å². The quantitative estimate of drug-likeness (QED) is 0.613. The van der Waals surface area contributed by atoms with Crippen LogP contribution in [-0.4, -0.2) is 60.1 Å². The van der Waals surface area contributed by atoms with E-state index in [4.69, 9.17) is 20.8 Å². The Hall–Kier alpha value is -2.41. The Morgan fingerprint density at radius 2 is 1.94 bits per heavy atom. The molecule has 2 heterocycles. The molecule has 1 aliphatic heterocycles. The van der Waals surface area contributed by atoms with Crippen LogP contribution in [0.15, 0.2) is 22.6 Å². The van der Waals surface area contributed by atoms with Gasteiger partial charge in [-0.15, -0.1) is 13.2 Å². The molecule has 9 nitrogen and oxygen atoms in total. The summed E-state index contributed by atoms with van der Waals surface area (Å²) in [4.78, 5) is 28.8. The lowest BCUT2D eigenvalue weighted by molar-refractivity contribution is -0.357. The van der Waals surface area contributed by atoms with Gasteiger partial charge >= 0.3 is 12.4 Å². The molecule has 0 bridgehead atoms. The summed E-state index contributed by atoms with van der Waals surface area (Å²) in [5, 5.41) is 4.88. The molecule has 33 heavy (non-hydrogen) atoms. The second-order valence-corrected chi connectivity index (χ2v) is 8.44. The summed E-state index contributed by atoms with van der Waals surface area (Å²) in [5.41, 5.74) is 3.75. The van der Waals surface area contributed by atoms with E-state index in [1.807, 2.05) is 0 Å². The number of amides is 2. The Balaban J connectivity index is 1.14. The van der Waals surface area contributed by atoms with Gasteiger partial charge in [-0.25, -0.2) is 5.01 Å². The molecule has 2 fully saturated rings. The zero-order chi connectivity index (χ0) is 23.6. The van der Waals surface area contributed by atoms with Crippen molar-refractivity contribution in [1.82, 2.24) is 15.4 Å². The number of oxazole rings is 1. The second-order valence-electron chi connectivity index (χ2n) is 8.01. The number of nitrogens with one attached hydrogen (secondary N) is 2. The molecule has 1 aromatic heterocycles. The Morgan fingerprint density at radius 1 is 1.21 bits per heavy atom. The van der Waals surface area contributed by atoms with Gasteiger partial charge in [0.15, 0.2) is 5.58 Å². The number of nitrogens with zero attached hydrogens (tertiary/aromatic N) is 2. The van der Waals surface area contributed by atoms with Crippen LogP contribution in [0.2, 0.25) is 5.02 Å². The number of aromatic nitrogens is 1. The van der Waals surface area contributed by atoms with Crippen LogP contribution in [0.4, 0.5) is 19.2 Å². The summed E-state index contributed by atoms with van der Waals surface area (Å²) >= 11 is 5.92. The summed E-state index contributed by atoms with van der Waals surface area (Å²) < 4.78 is 51.0. The van der Waals surface area contributed by atoms with E-state index in [9.17, 15) is 22.8 Å². The SMILES string of the molecule is O=C(CO[C@H]1C[C@@H](OC(F)(F)F)C1)NN1CCC(C(=O)Nc2nc3cc(Cl)ccc3o2)CC1. The van der Waals surface area contributed by atoms with Crippen molar-refractivity contribution in [3.05, 3.63) is 23.2 Å². The third-order valence-corrected chi connectivity index (χ3v) is 5.77. The van der Waals surface area contributed by atoms with Gasteiger partial charge in [-0.2, -0.15) is 4.98 Å². The van der Waals surface area contributed by atoms with Crippen LogP contribution in [0, 0.1) is 5.92 Å². The maximum atomic E-state index is 12.5. The summed E-state index contributed by atoms with van der Waals surface area (Å²) in [6, 6.07) is 5.08. The highest BCUT2D eigenvalue weighted by Gasteiger charge is 2.40. The second kappa shape index (κ2) is 9.84. The van der Waals surface area contributed by atoms with Gasteiger partial charge in [-0.05, 0) is 31.0 Å². The first kappa shape index (κ1) is 23.7. The molecule has 0 unspecified atom stereocenters. The van der Waals surface area contributed by atoms with Crippen molar-refractivity contribution in [3.63, 3.8) is 0 Å². The fraction of sp³-hybridized carbons (Fsp3) is 0.550. The Kier molecular flexibility index (Phi) is 7.07. The molecule has 180 valence electrons. The number of fused-ring (bicyclic) bond motifs is 1. The van der Waals surface area contributed by atoms with Gasteiger partial charge in [0, 0.05) is 36.9 Å². The monoisotopic (exact) mass is 490 g/mol. The van der Waals surface area contributed by atoms with Gasteiger partial charge in [0.25, 0.3) is 5.91 Å². The van der Waals surface area contributed by atoms with Crippen LogP contribution in [0.3, 0.4) is 0 Å². The van der Waals surface area contributed by atoms with Crippen LogP contribution in [0.5, 0.6) is 0 Å². The zero-order valence-electron chi connectivity index (χ0n) is 17.4. The molecule has 13 heteroatoms. The lowest BCUT2D eigenvalue weighted by Crippen LogP contribution is -2.50. The number of ether oxygens (including phenoxy) is 2. The van der Waals surface area contributed by atoms with E-state index < -0.39 is 24.5 Å². The fourth-order valence-electron chi connectivity index (χ4n) is 3.76. The van der Waals surface area contributed by atoms with E-state index >= 15 is 0 Å². The van der Waals surface area contributed by atoms with Gasteiger partial charge in [0.2, 0.25) is 5.91 Å². The first-order valence-corrected chi connectivity index (χ1v) is 10.8. The van der Waals surface area contributed by atoms with Crippen molar-refractivity contribution in [2.45, 2.75) is 44.3 Å². The number of halogens is 4. The topological polar surface area (TPSA) is 106 Å². The number of hydrogen-bond acceptors (Lipinski definition) is 7. The van der Waals surface area contributed by atoms with Crippen LogP contribution < -0.4 is 10.7 Å². The summed E-state index contributed by atoms with van der Waals surface area (Å²) in [6.45, 7) is 0.654. The Bertz CT molecular complexity index is 1000. The largest absolute Gasteiger partial charge is 0.522 e. The number of carbonyl (C=O) groups is 2. The number of alkyl halides is 3. The van der Waals surface area contributed by atoms with E-state index in [0.29, 0.717) is 42.1 Å². The lowest BCUT2D eigenvalue weighted by Gasteiger charge is -2.35. The maximum absolute atomic E-state index is 12.5. The molecule has 2 amide bonds. The molecule has 0 radical (unpaired) electrons. The van der Waals surface area contributed by atoms with Gasteiger partial charge in [-0.1, -0.05) is 11.6 Å². The normalized spacial score (nSPS) is 22.2. The first-order chi connectivity index (χ1) is 15.6. The van der Waals surface area contributed by atoms with E-state index in [1.54, 1.807) is 23.2 Å². The smallest absolute Gasteiger partial charge is 0.423 e. The molecule has 0 spiro atoms. The molecule has 2 aromatic rings. The minimum Gasteiger partial charge on any atom is -0.423 e. The highest BCUT2D eigenvalue weighted by molar-refractivity contribution is 6.31. The third-order valence-electron chi connectivity index (χ3n) is 5.53. The van der Waals surface area contributed by atoms with Crippen molar-refractivity contribution < 1.29 is 36.7 Å². The lowest BCUT2D eigenvalue weighted by atomic mass is 9.92. The number of benzene rings is 1. The highest BCUT2D eigenvalue weighted by Crippen LogP contribution is 2.32. The Morgan fingerprint density at radius 3 is 2.64 bits per heavy atom. The van der Waals surface area contributed by atoms with Crippen molar-refractivity contribution >= 4 is 40.5 Å². The molecule has 4 rings (SSSR count). The molecule has 2 N–H and O–H groups in total. The molecular weight excluding hydrogens is 469 g/mol. The summed E-state index contributed by atoms with van der Waals surface area (Å²) in [5.74, 6) is -0.889. The zero-order valence-corrected chi connectivity index (χ0v) is 18.1. The van der Waals surface area contributed by atoms with Crippen LogP contribution in [0.1, 0.15) is 25.7 Å². The average Bonchev–Trinajstić information content (AvgIpc) is 3.10. The average molecular weight is 491 g/mol. The van der Waals surface area contributed by atoms with Crippen molar-refractivity contribution in [1.29, 1.82) is 0 Å². The first-order valence-electron chi connectivity index (χ1n) is 10.4. The number of anilines is 1. The fourth-order valence-corrected chi connectivity index (χ4v) is 3.92. The van der Waals surface area contributed by atoms with Gasteiger partial charge < -0.3 is 9.15 Å². The van der Waals surface area contributed by atoms with E-state index in [-0.39, 0.29) is 37.3 Å². The number of hydrazine groups is 1.